The summed E-state index contributed by atoms with van der Waals surface area (Å²) in [6.07, 6.45) is 0.246. The van der Waals surface area contributed by atoms with Gasteiger partial charge in [0.25, 0.3) is 0 Å². The van der Waals surface area contributed by atoms with Crippen molar-refractivity contribution in [3.63, 3.8) is 0 Å². The molecule has 90 valence electrons. The van der Waals surface area contributed by atoms with Gasteiger partial charge in [-0.25, -0.2) is 4.79 Å². The van der Waals surface area contributed by atoms with Gasteiger partial charge < -0.3 is 15.2 Å². The van der Waals surface area contributed by atoms with Gasteiger partial charge >= 0.3 is 12.1 Å². The van der Waals surface area contributed by atoms with Crippen molar-refractivity contribution in [2.45, 2.75) is 25.8 Å². The number of ketones is 1. The van der Waals surface area contributed by atoms with Gasteiger partial charge in [-0.1, -0.05) is 19.6 Å². The van der Waals surface area contributed by atoms with E-state index in [0.29, 0.717) is 0 Å². The van der Waals surface area contributed by atoms with Crippen LogP contribution in [0.3, 0.4) is 0 Å². The van der Waals surface area contributed by atoms with Crippen LogP contribution < -0.4 is 5.32 Å². The van der Waals surface area contributed by atoms with Crippen LogP contribution in [0.15, 0.2) is 12.7 Å². The van der Waals surface area contributed by atoms with E-state index in [0.717, 1.165) is 0 Å². The van der Waals surface area contributed by atoms with Crippen LogP contribution in [0.1, 0.15) is 19.8 Å². The predicted molar refractivity (Wildman–Crippen MR) is 56.0 cm³/mol. The van der Waals surface area contributed by atoms with Crippen LogP contribution in [0.2, 0.25) is 0 Å². The number of ether oxygens (including phenoxy) is 1. The lowest BCUT2D eigenvalue weighted by Crippen LogP contribution is -2.42. The number of rotatable bonds is 7. The molecule has 0 saturated heterocycles. The number of carbonyl (C=O) groups is 3. The Balaban J connectivity index is 4.30. The second-order valence-electron chi connectivity index (χ2n) is 3.00. The Kier molecular flexibility index (Phi) is 6.58. The number of carboxylic acid groups (broad SMARTS) is 1. The van der Waals surface area contributed by atoms with E-state index >= 15 is 0 Å². The normalized spacial score (nSPS) is 11.3. The molecule has 0 radical (unpaired) electrons. The summed E-state index contributed by atoms with van der Waals surface area (Å²) >= 11 is 0. The van der Waals surface area contributed by atoms with Gasteiger partial charge in [0, 0.05) is 6.42 Å². The van der Waals surface area contributed by atoms with Gasteiger partial charge in [-0.3, -0.25) is 9.59 Å². The van der Waals surface area contributed by atoms with E-state index in [1.54, 1.807) is 6.92 Å². The van der Waals surface area contributed by atoms with Gasteiger partial charge in [0.2, 0.25) is 0 Å². The molecule has 0 heterocycles. The molecule has 0 spiro atoms. The maximum atomic E-state index is 11.3. The molecule has 0 fully saturated rings. The van der Waals surface area contributed by atoms with Gasteiger partial charge in [0.1, 0.15) is 12.6 Å². The third-order valence-corrected chi connectivity index (χ3v) is 1.74. The van der Waals surface area contributed by atoms with Crippen molar-refractivity contribution < 1.29 is 24.2 Å². The zero-order valence-electron chi connectivity index (χ0n) is 9.06. The molecule has 0 aromatic carbocycles. The first kappa shape index (κ1) is 14.2. The molecule has 6 nitrogen and oxygen atoms in total. The molecular formula is C10H15NO5. The molecule has 16 heavy (non-hydrogen) atoms. The topological polar surface area (TPSA) is 92.7 Å². The van der Waals surface area contributed by atoms with Crippen molar-refractivity contribution >= 4 is 17.8 Å². The molecule has 1 atom stereocenters. The number of Topliss-reactive ketones (excluding diaryl/α,β-unsaturated/α-hetero) is 1. The van der Waals surface area contributed by atoms with Gasteiger partial charge in [0.15, 0.2) is 5.78 Å². The smallest absolute Gasteiger partial charge is 0.408 e. The number of hydrogen-bond acceptors (Lipinski definition) is 4. The van der Waals surface area contributed by atoms with Crippen molar-refractivity contribution in [1.29, 1.82) is 0 Å². The monoisotopic (exact) mass is 229 g/mol. The lowest BCUT2D eigenvalue weighted by molar-refractivity contribution is -0.139. The summed E-state index contributed by atoms with van der Waals surface area (Å²) in [7, 11) is 0. The average Bonchev–Trinajstić information content (AvgIpc) is 2.23. The Hall–Kier alpha value is -1.85. The highest BCUT2D eigenvalue weighted by atomic mass is 16.5. The zero-order chi connectivity index (χ0) is 12.6. The zero-order valence-corrected chi connectivity index (χ0v) is 9.06. The molecule has 6 heteroatoms. The molecule has 0 aliphatic heterocycles. The number of aliphatic carboxylic acids is 1. The van der Waals surface area contributed by atoms with Crippen LogP contribution >= 0.6 is 0 Å². The summed E-state index contributed by atoms with van der Waals surface area (Å²) in [6, 6.07) is -1.04. The molecule has 2 N–H and O–H groups in total. The number of carbonyl (C=O) groups excluding carboxylic acids is 2. The van der Waals surface area contributed by atoms with Crippen molar-refractivity contribution in [3.05, 3.63) is 12.7 Å². The number of alkyl carbamates (subject to hydrolysis) is 1. The minimum absolute atomic E-state index is 0.00589. The SMILES string of the molecule is C=CCOC(=O)N[C@@H](CC(=O)O)C(=O)CC. The fraction of sp³-hybridized carbons (Fsp3) is 0.500. The lowest BCUT2D eigenvalue weighted by Gasteiger charge is -2.14. The summed E-state index contributed by atoms with van der Waals surface area (Å²) in [4.78, 5) is 32.9. The first-order valence-corrected chi connectivity index (χ1v) is 4.80. The summed E-state index contributed by atoms with van der Waals surface area (Å²) < 4.78 is 4.58. The van der Waals surface area contributed by atoms with Crippen molar-refractivity contribution in [2.24, 2.45) is 0 Å². The second kappa shape index (κ2) is 7.44. The third kappa shape index (κ3) is 5.79. The fourth-order valence-electron chi connectivity index (χ4n) is 0.985. The first-order chi connectivity index (χ1) is 7.51. The second-order valence-corrected chi connectivity index (χ2v) is 3.00. The fourth-order valence-corrected chi connectivity index (χ4v) is 0.985. The van der Waals surface area contributed by atoms with E-state index < -0.39 is 24.5 Å². The van der Waals surface area contributed by atoms with Crippen LogP contribution in [-0.4, -0.2) is 35.6 Å². The van der Waals surface area contributed by atoms with Crippen molar-refractivity contribution in [2.75, 3.05) is 6.61 Å². The first-order valence-electron chi connectivity index (χ1n) is 4.80. The Morgan fingerprint density at radius 1 is 1.50 bits per heavy atom. The average molecular weight is 229 g/mol. The predicted octanol–water partition coefficient (Wildman–Crippen LogP) is 0.721. The summed E-state index contributed by atoms with van der Waals surface area (Å²) in [5, 5.41) is 10.8. The van der Waals surface area contributed by atoms with Crippen LogP contribution in [-0.2, 0) is 14.3 Å². The highest BCUT2D eigenvalue weighted by molar-refractivity contribution is 5.90. The molecule has 0 aromatic rings. The number of hydrogen-bond donors (Lipinski definition) is 2. The Bertz CT molecular complexity index is 287. The van der Waals surface area contributed by atoms with Crippen LogP contribution in [0.4, 0.5) is 4.79 Å². The molecule has 0 aliphatic rings. The van der Waals surface area contributed by atoms with Gasteiger partial charge in [-0.05, 0) is 0 Å². The van der Waals surface area contributed by atoms with Crippen LogP contribution in [0.5, 0.6) is 0 Å². The Morgan fingerprint density at radius 3 is 2.56 bits per heavy atom. The Labute approximate surface area is 93.3 Å². The largest absolute Gasteiger partial charge is 0.481 e. The van der Waals surface area contributed by atoms with Gasteiger partial charge in [-0.15, -0.1) is 0 Å². The summed E-state index contributed by atoms with van der Waals surface area (Å²) in [6.45, 7) is 4.94. The maximum absolute atomic E-state index is 11.3. The Morgan fingerprint density at radius 2 is 2.12 bits per heavy atom. The van der Waals surface area contributed by atoms with E-state index in [1.165, 1.54) is 6.08 Å². The highest BCUT2D eigenvalue weighted by Crippen LogP contribution is 1.98. The van der Waals surface area contributed by atoms with E-state index in [1.807, 2.05) is 0 Å². The van der Waals surface area contributed by atoms with Crippen molar-refractivity contribution in [1.82, 2.24) is 5.32 Å². The molecule has 1 amide bonds. The molecule has 0 rings (SSSR count). The van der Waals surface area contributed by atoms with Crippen LogP contribution in [0, 0.1) is 0 Å². The summed E-state index contributed by atoms with van der Waals surface area (Å²) in [5.74, 6) is -1.51. The minimum Gasteiger partial charge on any atom is -0.481 e. The van der Waals surface area contributed by atoms with E-state index in [2.05, 4.69) is 16.6 Å². The highest BCUT2D eigenvalue weighted by Gasteiger charge is 2.22. The van der Waals surface area contributed by atoms with Crippen LogP contribution in [0.25, 0.3) is 0 Å². The molecule has 0 aliphatic carbocycles. The van der Waals surface area contributed by atoms with Gasteiger partial charge in [-0.2, -0.15) is 0 Å². The number of nitrogens with one attached hydrogen (secondary N) is 1. The molecular weight excluding hydrogens is 214 g/mol. The van der Waals surface area contributed by atoms with Gasteiger partial charge in [0.05, 0.1) is 6.42 Å². The maximum Gasteiger partial charge on any atom is 0.408 e. The van der Waals surface area contributed by atoms with E-state index in [9.17, 15) is 14.4 Å². The number of amides is 1. The standard InChI is InChI=1S/C10H15NO5/c1-3-5-16-10(15)11-7(6-9(13)14)8(12)4-2/h3,7H,1,4-6H2,2H3,(H,11,15)(H,13,14)/t7-/m0/s1. The third-order valence-electron chi connectivity index (χ3n) is 1.74. The van der Waals surface area contributed by atoms with E-state index in [4.69, 9.17) is 5.11 Å². The molecule has 0 saturated carbocycles. The lowest BCUT2D eigenvalue weighted by atomic mass is 10.1. The molecule has 0 bridgehead atoms. The molecule has 0 aromatic heterocycles. The minimum atomic E-state index is -1.16. The van der Waals surface area contributed by atoms with E-state index in [-0.39, 0.29) is 18.8 Å². The molecule has 0 unspecified atom stereocenters. The number of carboxylic acids is 1. The quantitative estimate of drug-likeness (QED) is 0.627. The summed E-state index contributed by atoms with van der Waals surface area (Å²) in [5.41, 5.74) is 0. The van der Waals surface area contributed by atoms with Crippen molar-refractivity contribution in [3.8, 4) is 0 Å².